The highest BCUT2D eigenvalue weighted by Gasteiger charge is 2.21. The van der Waals surface area contributed by atoms with Crippen LogP contribution in [0.5, 0.6) is 0 Å². The van der Waals surface area contributed by atoms with Crippen LogP contribution in [0.15, 0.2) is 23.2 Å². The van der Waals surface area contributed by atoms with E-state index in [9.17, 15) is 0 Å². The molecule has 176 valence electrons. The van der Waals surface area contributed by atoms with Crippen molar-refractivity contribution in [1.82, 2.24) is 20.0 Å². The summed E-state index contributed by atoms with van der Waals surface area (Å²) in [6.07, 6.45) is 2.42. The number of halogens is 1. The summed E-state index contributed by atoms with van der Waals surface area (Å²) in [5.41, 5.74) is 4.17. The number of hydrogen-bond donors (Lipinski definition) is 1. The van der Waals surface area contributed by atoms with Gasteiger partial charge in [-0.1, -0.05) is 12.1 Å². The normalized spacial score (nSPS) is 19.2. The molecule has 2 fully saturated rings. The Kier molecular flexibility index (Phi) is 11.4. The molecule has 2 saturated heterocycles. The van der Waals surface area contributed by atoms with Crippen LogP contribution in [-0.4, -0.2) is 99.7 Å². The summed E-state index contributed by atoms with van der Waals surface area (Å²) in [5.74, 6) is 1.09. The van der Waals surface area contributed by atoms with E-state index in [0.29, 0.717) is 0 Å². The Morgan fingerprint density at radius 1 is 1.00 bits per heavy atom. The van der Waals surface area contributed by atoms with E-state index in [1.807, 2.05) is 0 Å². The van der Waals surface area contributed by atoms with Gasteiger partial charge in [-0.15, -0.1) is 24.0 Å². The zero-order valence-corrected chi connectivity index (χ0v) is 22.4. The molecule has 7 heteroatoms. The van der Waals surface area contributed by atoms with Gasteiger partial charge in [0.05, 0.1) is 0 Å². The van der Waals surface area contributed by atoms with Crippen LogP contribution in [0.2, 0.25) is 0 Å². The third kappa shape index (κ3) is 7.79. The fourth-order valence-electron chi connectivity index (χ4n) is 4.47. The first-order chi connectivity index (χ1) is 14.6. The lowest BCUT2D eigenvalue weighted by Gasteiger charge is -2.38. The molecule has 0 spiro atoms. The van der Waals surface area contributed by atoms with Crippen LogP contribution < -0.4 is 10.2 Å². The van der Waals surface area contributed by atoms with Gasteiger partial charge in [0, 0.05) is 58.0 Å². The maximum absolute atomic E-state index is 4.97. The largest absolute Gasteiger partial charge is 0.368 e. The van der Waals surface area contributed by atoms with Crippen molar-refractivity contribution in [3.8, 4) is 0 Å². The topological polar surface area (TPSA) is 37.4 Å². The van der Waals surface area contributed by atoms with Crippen LogP contribution in [0.25, 0.3) is 0 Å². The summed E-state index contributed by atoms with van der Waals surface area (Å²) in [6.45, 7) is 18.6. The Labute approximate surface area is 207 Å². The second-order valence-corrected chi connectivity index (χ2v) is 8.78. The number of likely N-dealkylation sites (N-methyl/N-ethyl adjacent to an activating group) is 1. The van der Waals surface area contributed by atoms with Crippen LogP contribution >= 0.6 is 24.0 Å². The van der Waals surface area contributed by atoms with E-state index in [1.165, 1.54) is 49.4 Å². The number of aryl methyl sites for hydroxylation is 1. The van der Waals surface area contributed by atoms with Crippen LogP contribution in [0.4, 0.5) is 5.69 Å². The Balaban J connectivity index is 0.00000341. The van der Waals surface area contributed by atoms with E-state index in [4.69, 9.17) is 4.99 Å². The molecule has 0 unspecified atom stereocenters. The lowest BCUT2D eigenvalue weighted by Crippen LogP contribution is -2.52. The van der Waals surface area contributed by atoms with E-state index in [1.54, 1.807) is 0 Å². The van der Waals surface area contributed by atoms with Crippen molar-refractivity contribution in [3.63, 3.8) is 0 Å². The smallest absolute Gasteiger partial charge is 0.194 e. The van der Waals surface area contributed by atoms with E-state index in [0.717, 1.165) is 58.2 Å². The van der Waals surface area contributed by atoms with Gasteiger partial charge in [0.15, 0.2) is 5.96 Å². The van der Waals surface area contributed by atoms with Gasteiger partial charge in [-0.05, 0) is 77.5 Å². The number of nitrogens with zero attached hydrogens (tertiary/aromatic N) is 5. The lowest BCUT2D eigenvalue weighted by molar-refractivity contribution is 0.274. The number of benzene rings is 1. The maximum Gasteiger partial charge on any atom is 0.194 e. The summed E-state index contributed by atoms with van der Waals surface area (Å²) >= 11 is 0. The molecule has 0 aliphatic carbocycles. The minimum Gasteiger partial charge on any atom is -0.368 e. The Morgan fingerprint density at radius 2 is 1.77 bits per heavy atom. The van der Waals surface area contributed by atoms with Gasteiger partial charge in [0.25, 0.3) is 0 Å². The van der Waals surface area contributed by atoms with Gasteiger partial charge in [0.2, 0.25) is 0 Å². The molecular weight excluding hydrogens is 499 g/mol. The summed E-state index contributed by atoms with van der Waals surface area (Å²) in [4.78, 5) is 15.0. The summed E-state index contributed by atoms with van der Waals surface area (Å²) in [7, 11) is 2.23. The molecule has 0 aromatic heterocycles. The molecule has 3 rings (SSSR count). The van der Waals surface area contributed by atoms with Crippen molar-refractivity contribution in [1.29, 1.82) is 0 Å². The predicted octanol–water partition coefficient (Wildman–Crippen LogP) is 3.04. The summed E-state index contributed by atoms with van der Waals surface area (Å²) in [5, 5.41) is 3.52. The van der Waals surface area contributed by atoms with Gasteiger partial charge in [-0.25, -0.2) is 0 Å². The van der Waals surface area contributed by atoms with Gasteiger partial charge >= 0.3 is 0 Å². The minimum atomic E-state index is 0. The third-order valence-electron chi connectivity index (χ3n) is 6.54. The molecule has 2 heterocycles. The Hall–Kier alpha value is -1.06. The molecule has 0 atom stereocenters. The number of aliphatic imine (C=N–C) groups is 1. The molecule has 1 N–H and O–H groups in total. The SMILES string of the molecule is CCNC(=NCCCN1CCCN(C)CC1)N1CCN(c2cccc(C)c2C)CC1.I. The standard InChI is InChI=1S/C24H42N6.HI/c1-5-25-24(26-11-7-13-28-14-8-12-27(4)15-16-28)30-19-17-29(18-20-30)23-10-6-9-21(2)22(23)3;/h6,9-10H,5,7-8,11-20H2,1-4H3,(H,25,26);1H. The molecule has 2 aliphatic heterocycles. The maximum atomic E-state index is 4.97. The third-order valence-corrected chi connectivity index (χ3v) is 6.54. The van der Waals surface area contributed by atoms with Crippen LogP contribution in [-0.2, 0) is 0 Å². The van der Waals surface area contributed by atoms with Crippen molar-refractivity contribution in [2.24, 2.45) is 4.99 Å². The highest BCUT2D eigenvalue weighted by molar-refractivity contribution is 14.0. The monoisotopic (exact) mass is 542 g/mol. The van der Waals surface area contributed by atoms with Gasteiger partial charge in [-0.2, -0.15) is 0 Å². The van der Waals surface area contributed by atoms with E-state index >= 15 is 0 Å². The van der Waals surface area contributed by atoms with Crippen LogP contribution in [0, 0.1) is 13.8 Å². The molecule has 31 heavy (non-hydrogen) atoms. The van der Waals surface area contributed by atoms with Crippen molar-refractivity contribution < 1.29 is 0 Å². The molecule has 1 aromatic carbocycles. The number of guanidine groups is 1. The average Bonchev–Trinajstić information content (AvgIpc) is 2.96. The summed E-state index contributed by atoms with van der Waals surface area (Å²) < 4.78 is 0. The molecule has 0 radical (unpaired) electrons. The Morgan fingerprint density at radius 3 is 2.52 bits per heavy atom. The fourth-order valence-corrected chi connectivity index (χ4v) is 4.47. The zero-order valence-electron chi connectivity index (χ0n) is 20.1. The number of piperazine rings is 1. The molecule has 2 aliphatic rings. The Bertz CT molecular complexity index is 687. The lowest BCUT2D eigenvalue weighted by atomic mass is 10.1. The fraction of sp³-hybridized carbons (Fsp3) is 0.708. The van der Waals surface area contributed by atoms with Crippen LogP contribution in [0.3, 0.4) is 0 Å². The predicted molar refractivity (Wildman–Crippen MR) is 144 cm³/mol. The molecule has 0 bridgehead atoms. The van der Waals surface area contributed by atoms with E-state index in [2.05, 4.69) is 70.9 Å². The molecule has 6 nitrogen and oxygen atoms in total. The average molecular weight is 543 g/mol. The van der Waals surface area contributed by atoms with Gasteiger partial charge in [-0.3, -0.25) is 4.99 Å². The quantitative estimate of drug-likeness (QED) is 0.259. The van der Waals surface area contributed by atoms with Crippen molar-refractivity contribution in [2.75, 3.05) is 83.9 Å². The highest BCUT2D eigenvalue weighted by atomic mass is 127. The second-order valence-electron chi connectivity index (χ2n) is 8.78. The second kappa shape index (κ2) is 13.5. The molecule has 0 saturated carbocycles. The molecule has 0 amide bonds. The number of rotatable bonds is 6. The first-order valence-electron chi connectivity index (χ1n) is 11.8. The number of anilines is 1. The first-order valence-corrected chi connectivity index (χ1v) is 11.8. The molecule has 1 aromatic rings. The number of hydrogen-bond acceptors (Lipinski definition) is 4. The number of nitrogens with one attached hydrogen (secondary N) is 1. The van der Waals surface area contributed by atoms with E-state index < -0.39 is 0 Å². The molecular formula is C24H43IN6. The first kappa shape index (κ1) is 26.2. The van der Waals surface area contributed by atoms with Crippen LogP contribution in [0.1, 0.15) is 30.9 Å². The zero-order chi connectivity index (χ0) is 21.3. The van der Waals surface area contributed by atoms with Gasteiger partial charge in [0.1, 0.15) is 0 Å². The van der Waals surface area contributed by atoms with E-state index in [-0.39, 0.29) is 24.0 Å². The van der Waals surface area contributed by atoms with Crippen molar-refractivity contribution in [3.05, 3.63) is 29.3 Å². The summed E-state index contributed by atoms with van der Waals surface area (Å²) in [6, 6.07) is 6.64. The van der Waals surface area contributed by atoms with Gasteiger partial charge < -0.3 is 24.9 Å². The highest BCUT2D eigenvalue weighted by Crippen LogP contribution is 2.23. The minimum absolute atomic E-state index is 0. The van der Waals surface area contributed by atoms with Crippen molar-refractivity contribution in [2.45, 2.75) is 33.6 Å². The van der Waals surface area contributed by atoms with Crippen molar-refractivity contribution >= 4 is 35.6 Å².